The van der Waals surface area contributed by atoms with Gasteiger partial charge in [0.2, 0.25) is 0 Å². The Hall–Kier alpha value is -1.38. The molecule has 0 aromatic carbocycles. The van der Waals surface area contributed by atoms with Gasteiger partial charge < -0.3 is 4.98 Å². The summed E-state index contributed by atoms with van der Waals surface area (Å²) in [6.07, 6.45) is 5.76. The molecule has 1 unspecified atom stereocenters. The molecule has 0 aliphatic carbocycles. The Morgan fingerprint density at radius 1 is 1.36 bits per heavy atom. The van der Waals surface area contributed by atoms with Crippen molar-refractivity contribution in [3.8, 4) is 0 Å². The molecule has 1 aliphatic heterocycles. The van der Waals surface area contributed by atoms with E-state index in [1.54, 1.807) is 6.33 Å². The van der Waals surface area contributed by atoms with Gasteiger partial charge in [-0.15, -0.1) is 0 Å². The molecule has 0 saturated heterocycles. The van der Waals surface area contributed by atoms with E-state index in [1.165, 1.54) is 5.57 Å². The van der Waals surface area contributed by atoms with E-state index < -0.39 is 0 Å². The number of aromatic amines is 1. The second-order valence-electron chi connectivity index (χ2n) is 3.09. The molecule has 1 N–H and O–H groups in total. The van der Waals surface area contributed by atoms with Crippen LogP contribution in [-0.2, 0) is 0 Å². The highest BCUT2D eigenvalue weighted by Gasteiger charge is 2.09. The van der Waals surface area contributed by atoms with Gasteiger partial charge in [-0.2, -0.15) is 0 Å². The fourth-order valence-corrected chi connectivity index (χ4v) is 1.38. The summed E-state index contributed by atoms with van der Waals surface area (Å²) in [5.74, 6) is 1.20. The van der Waals surface area contributed by atoms with Crippen molar-refractivity contribution in [3.05, 3.63) is 18.1 Å². The minimum absolute atomic E-state index is 0.396. The number of H-pyrrole nitrogens is 1. The molecule has 0 spiro atoms. The van der Waals surface area contributed by atoms with Gasteiger partial charge in [-0.3, -0.25) is 0 Å². The number of nitrogens with zero attached hydrogens (tertiary/aromatic N) is 2. The van der Waals surface area contributed by atoms with Gasteiger partial charge in [0, 0.05) is 12.1 Å². The maximum atomic E-state index is 4.26. The van der Waals surface area contributed by atoms with E-state index in [2.05, 4.69) is 34.9 Å². The van der Waals surface area contributed by atoms with Crippen molar-refractivity contribution >= 4 is 17.6 Å². The Morgan fingerprint density at radius 3 is 2.79 bits per heavy atom. The number of rotatable bonds is 0. The van der Waals surface area contributed by atoms with Gasteiger partial charge in [0.1, 0.15) is 0 Å². The van der Waals surface area contributed by atoms with Gasteiger partial charge in [0.15, 0.2) is 5.82 Å². The summed E-state index contributed by atoms with van der Waals surface area (Å²) < 4.78 is 0. The minimum Gasteiger partial charge on any atom is -0.343 e. The van der Waals surface area contributed by atoms with Crippen molar-refractivity contribution in [2.24, 2.45) is 10.9 Å². The van der Waals surface area contributed by atoms with Crippen molar-refractivity contribution in [2.45, 2.75) is 27.7 Å². The van der Waals surface area contributed by atoms with Crippen LogP contribution in [0.1, 0.15) is 33.4 Å². The number of hydrogen-bond donors (Lipinski definition) is 1. The first-order valence-corrected chi connectivity index (χ1v) is 5.03. The fraction of sp³-hybridized carbons (Fsp3) is 0.455. The number of allylic oxidation sites excluding steroid dienone is 2. The van der Waals surface area contributed by atoms with Crippen LogP contribution in [0.4, 0.5) is 5.82 Å². The topological polar surface area (TPSA) is 41.0 Å². The Balaban J connectivity index is 0.000000461. The summed E-state index contributed by atoms with van der Waals surface area (Å²) in [5, 5.41) is 0. The Kier molecular flexibility index (Phi) is 3.63. The third kappa shape index (κ3) is 2.10. The number of aliphatic imine (C=N–C) groups is 1. The van der Waals surface area contributed by atoms with Crippen molar-refractivity contribution in [1.82, 2.24) is 9.97 Å². The molecule has 2 heterocycles. The molecule has 0 amide bonds. The van der Waals surface area contributed by atoms with Gasteiger partial charge in [0.05, 0.1) is 12.0 Å². The number of aromatic nitrogens is 2. The Morgan fingerprint density at radius 2 is 2.07 bits per heavy atom. The van der Waals surface area contributed by atoms with Crippen molar-refractivity contribution in [3.63, 3.8) is 0 Å². The van der Waals surface area contributed by atoms with Gasteiger partial charge >= 0.3 is 0 Å². The second kappa shape index (κ2) is 4.74. The highest BCUT2D eigenvalue weighted by Crippen LogP contribution is 2.25. The predicted molar refractivity (Wildman–Crippen MR) is 60.9 cm³/mol. The molecule has 76 valence electrons. The minimum atomic E-state index is 0.396. The van der Waals surface area contributed by atoms with Gasteiger partial charge in [-0.05, 0) is 12.5 Å². The molecule has 1 aliphatic rings. The van der Waals surface area contributed by atoms with E-state index >= 15 is 0 Å². The highest BCUT2D eigenvalue weighted by atomic mass is 15.0. The van der Waals surface area contributed by atoms with E-state index in [-0.39, 0.29) is 0 Å². The molecule has 3 heteroatoms. The molecule has 14 heavy (non-hydrogen) atoms. The molecule has 0 radical (unpaired) electrons. The summed E-state index contributed by atoms with van der Waals surface area (Å²) in [5.41, 5.74) is 2.25. The molecule has 0 fully saturated rings. The van der Waals surface area contributed by atoms with E-state index in [1.807, 2.05) is 20.1 Å². The van der Waals surface area contributed by atoms with Crippen LogP contribution in [0.25, 0.3) is 5.57 Å². The van der Waals surface area contributed by atoms with Crippen LogP contribution < -0.4 is 0 Å². The lowest BCUT2D eigenvalue weighted by atomic mass is 10.1. The summed E-state index contributed by atoms with van der Waals surface area (Å²) >= 11 is 0. The lowest BCUT2D eigenvalue weighted by Crippen LogP contribution is -1.88. The zero-order valence-corrected chi connectivity index (χ0v) is 9.20. The van der Waals surface area contributed by atoms with Crippen molar-refractivity contribution in [2.75, 3.05) is 0 Å². The molecule has 3 nitrogen and oxygen atoms in total. The third-order valence-corrected chi connectivity index (χ3v) is 1.96. The van der Waals surface area contributed by atoms with Crippen LogP contribution in [0.15, 0.2) is 17.4 Å². The molecule has 1 atom stereocenters. The van der Waals surface area contributed by atoms with Crippen LogP contribution in [0.2, 0.25) is 0 Å². The van der Waals surface area contributed by atoms with Crippen LogP contribution in [0.5, 0.6) is 0 Å². The van der Waals surface area contributed by atoms with E-state index in [0.717, 1.165) is 11.5 Å². The normalized spacial score (nSPS) is 18.9. The van der Waals surface area contributed by atoms with Crippen LogP contribution in [-0.4, -0.2) is 16.2 Å². The van der Waals surface area contributed by atoms with Gasteiger partial charge in [0.25, 0.3) is 0 Å². The molecular formula is C11H17N3. The smallest absolute Gasteiger partial charge is 0.177 e. The molecule has 1 aromatic heterocycles. The van der Waals surface area contributed by atoms with Crippen molar-refractivity contribution < 1.29 is 0 Å². The first kappa shape index (κ1) is 10.7. The molecule has 0 saturated carbocycles. The summed E-state index contributed by atoms with van der Waals surface area (Å²) in [6.45, 7) is 8.18. The third-order valence-electron chi connectivity index (χ3n) is 1.96. The lowest BCUT2D eigenvalue weighted by Gasteiger charge is -1.96. The molecule has 1 aromatic rings. The largest absolute Gasteiger partial charge is 0.343 e. The average Bonchev–Trinajstić information content (AvgIpc) is 2.61. The number of imidazole rings is 1. The molecular weight excluding hydrogens is 174 g/mol. The molecule has 2 rings (SSSR count). The standard InChI is InChI=1S/C9H11N3.C2H6/c1-6-3-7(2)8-9(10-4-6)12-5-11-8;1-2/h3-6H,1-2H3,(H,11,12);1-2H3. The predicted octanol–water partition coefficient (Wildman–Crippen LogP) is 3.19. The first-order valence-electron chi connectivity index (χ1n) is 5.03. The molecule has 0 bridgehead atoms. The maximum Gasteiger partial charge on any atom is 0.177 e. The van der Waals surface area contributed by atoms with Gasteiger partial charge in [-0.1, -0.05) is 26.8 Å². The SMILES string of the molecule is CC.CC1=CC(C)C=Nc2nc[nH]c21. The van der Waals surface area contributed by atoms with Crippen LogP contribution in [0, 0.1) is 5.92 Å². The Bertz CT molecular complexity index is 347. The quantitative estimate of drug-likeness (QED) is 0.672. The number of fused-ring (bicyclic) bond motifs is 1. The second-order valence-corrected chi connectivity index (χ2v) is 3.09. The van der Waals surface area contributed by atoms with E-state index in [0.29, 0.717) is 5.92 Å². The van der Waals surface area contributed by atoms with Crippen molar-refractivity contribution in [1.29, 1.82) is 0 Å². The number of hydrogen-bond acceptors (Lipinski definition) is 2. The highest BCUT2D eigenvalue weighted by molar-refractivity contribution is 5.79. The summed E-state index contributed by atoms with van der Waals surface area (Å²) in [4.78, 5) is 11.4. The Labute approximate surface area is 85.0 Å². The van der Waals surface area contributed by atoms with Crippen LogP contribution in [0.3, 0.4) is 0 Å². The fourth-order valence-electron chi connectivity index (χ4n) is 1.38. The van der Waals surface area contributed by atoms with E-state index in [4.69, 9.17) is 0 Å². The number of nitrogens with one attached hydrogen (secondary N) is 1. The van der Waals surface area contributed by atoms with Gasteiger partial charge in [-0.25, -0.2) is 9.98 Å². The summed E-state index contributed by atoms with van der Waals surface area (Å²) in [7, 11) is 0. The lowest BCUT2D eigenvalue weighted by molar-refractivity contribution is 1.03. The maximum absolute atomic E-state index is 4.26. The van der Waals surface area contributed by atoms with E-state index in [9.17, 15) is 0 Å². The zero-order chi connectivity index (χ0) is 10.6. The average molecular weight is 191 g/mol. The first-order chi connectivity index (χ1) is 6.77. The van der Waals surface area contributed by atoms with Crippen LogP contribution >= 0.6 is 0 Å². The monoisotopic (exact) mass is 191 g/mol. The zero-order valence-electron chi connectivity index (χ0n) is 9.20. The summed E-state index contributed by atoms with van der Waals surface area (Å²) in [6, 6.07) is 0.